The number of benzene rings is 1. The zero-order chi connectivity index (χ0) is 15.8. The van der Waals surface area contributed by atoms with Gasteiger partial charge in [-0.05, 0) is 52.8 Å². The first-order valence-corrected chi connectivity index (χ1v) is 7.93. The topological polar surface area (TPSA) is 21.3 Å². The van der Waals surface area contributed by atoms with Crippen molar-refractivity contribution in [2.45, 2.75) is 58.3 Å². The van der Waals surface area contributed by atoms with Crippen molar-refractivity contribution in [3.05, 3.63) is 34.6 Å². The van der Waals surface area contributed by atoms with Crippen molar-refractivity contribution in [2.24, 2.45) is 5.92 Å². The second kappa shape index (κ2) is 5.86. The summed E-state index contributed by atoms with van der Waals surface area (Å²) in [4.78, 5) is 0. The SMILES string of the molecule is CCNC(c1c(F)cccc1Cl)C1CC(C)(C)OC1(C)C. The van der Waals surface area contributed by atoms with E-state index in [2.05, 4.69) is 33.0 Å². The Balaban J connectivity index is 2.45. The molecule has 118 valence electrons. The summed E-state index contributed by atoms with van der Waals surface area (Å²) in [6.45, 7) is 11.1. The van der Waals surface area contributed by atoms with Gasteiger partial charge < -0.3 is 10.1 Å². The van der Waals surface area contributed by atoms with Crippen molar-refractivity contribution in [2.75, 3.05) is 6.54 Å². The maximum absolute atomic E-state index is 14.4. The number of ether oxygens (including phenoxy) is 1. The van der Waals surface area contributed by atoms with Gasteiger partial charge in [0.05, 0.1) is 11.2 Å². The van der Waals surface area contributed by atoms with E-state index in [1.807, 2.05) is 6.92 Å². The average molecular weight is 314 g/mol. The van der Waals surface area contributed by atoms with Crippen LogP contribution in [0.4, 0.5) is 4.39 Å². The van der Waals surface area contributed by atoms with Crippen LogP contribution in [0.5, 0.6) is 0 Å². The summed E-state index contributed by atoms with van der Waals surface area (Å²) >= 11 is 6.28. The quantitative estimate of drug-likeness (QED) is 0.868. The van der Waals surface area contributed by atoms with Crippen molar-refractivity contribution < 1.29 is 9.13 Å². The molecule has 4 heteroatoms. The fourth-order valence-corrected chi connectivity index (χ4v) is 3.88. The predicted octanol–water partition coefficient (Wildman–Crippen LogP) is 4.72. The number of rotatable bonds is 4. The summed E-state index contributed by atoms with van der Waals surface area (Å²) in [6, 6.07) is 4.71. The second-order valence-electron chi connectivity index (χ2n) is 6.95. The summed E-state index contributed by atoms with van der Waals surface area (Å²) in [5, 5.41) is 3.89. The summed E-state index contributed by atoms with van der Waals surface area (Å²) in [5.74, 6) is -0.101. The first-order chi connectivity index (χ1) is 9.68. The number of hydrogen-bond donors (Lipinski definition) is 1. The lowest BCUT2D eigenvalue weighted by atomic mass is 9.78. The van der Waals surface area contributed by atoms with E-state index < -0.39 is 0 Å². The van der Waals surface area contributed by atoms with E-state index in [0.29, 0.717) is 10.6 Å². The van der Waals surface area contributed by atoms with E-state index in [9.17, 15) is 4.39 Å². The molecular formula is C17H25ClFNO. The summed E-state index contributed by atoms with van der Waals surface area (Å²) in [7, 11) is 0. The third-order valence-electron chi connectivity index (χ3n) is 4.28. The van der Waals surface area contributed by atoms with Crippen LogP contribution in [0, 0.1) is 11.7 Å². The fourth-order valence-electron chi connectivity index (χ4n) is 3.60. The van der Waals surface area contributed by atoms with Crippen LogP contribution in [0.1, 0.15) is 52.6 Å². The highest BCUT2D eigenvalue weighted by atomic mass is 35.5. The minimum absolute atomic E-state index is 0.152. The minimum atomic E-state index is -0.331. The van der Waals surface area contributed by atoms with Crippen LogP contribution >= 0.6 is 11.6 Å². The molecule has 21 heavy (non-hydrogen) atoms. The highest BCUT2D eigenvalue weighted by Gasteiger charge is 2.49. The van der Waals surface area contributed by atoms with Gasteiger partial charge in [-0.15, -0.1) is 0 Å². The molecular weight excluding hydrogens is 289 g/mol. The lowest BCUT2D eigenvalue weighted by molar-refractivity contribution is -0.0779. The Morgan fingerprint density at radius 2 is 2.05 bits per heavy atom. The van der Waals surface area contributed by atoms with Gasteiger partial charge in [-0.1, -0.05) is 24.6 Å². The molecule has 2 rings (SSSR count). The first-order valence-electron chi connectivity index (χ1n) is 7.55. The van der Waals surface area contributed by atoms with E-state index in [-0.39, 0.29) is 29.0 Å². The monoisotopic (exact) mass is 313 g/mol. The van der Waals surface area contributed by atoms with E-state index in [1.165, 1.54) is 6.07 Å². The van der Waals surface area contributed by atoms with E-state index >= 15 is 0 Å². The van der Waals surface area contributed by atoms with Gasteiger partial charge in [0.25, 0.3) is 0 Å². The molecule has 0 saturated carbocycles. The van der Waals surface area contributed by atoms with Gasteiger partial charge in [0.2, 0.25) is 0 Å². The maximum Gasteiger partial charge on any atom is 0.129 e. The molecule has 2 unspecified atom stereocenters. The minimum Gasteiger partial charge on any atom is -0.369 e. The van der Waals surface area contributed by atoms with Crippen LogP contribution in [-0.4, -0.2) is 17.7 Å². The zero-order valence-corrected chi connectivity index (χ0v) is 14.2. The largest absolute Gasteiger partial charge is 0.369 e. The summed E-state index contributed by atoms with van der Waals surface area (Å²) in [5.41, 5.74) is 0.0158. The maximum atomic E-state index is 14.4. The Bertz CT molecular complexity index is 495. The van der Waals surface area contributed by atoms with Crippen molar-refractivity contribution in [3.63, 3.8) is 0 Å². The molecule has 1 fully saturated rings. The number of hydrogen-bond acceptors (Lipinski definition) is 2. The van der Waals surface area contributed by atoms with Crippen LogP contribution in [0.25, 0.3) is 0 Å². The van der Waals surface area contributed by atoms with E-state index in [1.54, 1.807) is 12.1 Å². The molecule has 0 aromatic heterocycles. The molecule has 1 aliphatic rings. The van der Waals surface area contributed by atoms with Crippen LogP contribution in [0.15, 0.2) is 18.2 Å². The van der Waals surface area contributed by atoms with Crippen LogP contribution in [-0.2, 0) is 4.74 Å². The Hall–Kier alpha value is -0.640. The van der Waals surface area contributed by atoms with Gasteiger partial charge in [0.1, 0.15) is 5.82 Å². The van der Waals surface area contributed by atoms with Gasteiger partial charge in [0, 0.05) is 22.5 Å². The van der Waals surface area contributed by atoms with Crippen molar-refractivity contribution in [1.29, 1.82) is 0 Å². The Kier molecular flexibility index (Phi) is 4.67. The highest BCUT2D eigenvalue weighted by molar-refractivity contribution is 6.31. The number of halogens is 2. The molecule has 2 atom stereocenters. The lowest BCUT2D eigenvalue weighted by Crippen LogP contribution is -2.39. The third kappa shape index (κ3) is 3.41. The molecule has 0 spiro atoms. The Morgan fingerprint density at radius 3 is 2.52 bits per heavy atom. The second-order valence-corrected chi connectivity index (χ2v) is 7.35. The molecule has 1 saturated heterocycles. The van der Waals surface area contributed by atoms with E-state index in [0.717, 1.165) is 13.0 Å². The van der Waals surface area contributed by atoms with Crippen LogP contribution in [0.2, 0.25) is 5.02 Å². The summed E-state index contributed by atoms with van der Waals surface area (Å²) < 4.78 is 20.5. The molecule has 1 N–H and O–H groups in total. The molecule has 0 bridgehead atoms. The smallest absolute Gasteiger partial charge is 0.129 e. The van der Waals surface area contributed by atoms with Gasteiger partial charge in [-0.25, -0.2) is 4.39 Å². The van der Waals surface area contributed by atoms with E-state index in [4.69, 9.17) is 16.3 Å². The average Bonchev–Trinajstić information content (AvgIpc) is 2.55. The van der Waals surface area contributed by atoms with Gasteiger partial charge in [-0.2, -0.15) is 0 Å². The Morgan fingerprint density at radius 1 is 1.38 bits per heavy atom. The number of nitrogens with one attached hydrogen (secondary N) is 1. The standard InChI is InChI=1S/C17H25ClFNO/c1-6-20-15(14-12(18)8-7-9-13(14)19)11-10-16(2,3)21-17(11,4)5/h7-9,11,15,20H,6,10H2,1-5H3. The normalized spacial score (nSPS) is 25.0. The molecule has 1 heterocycles. The first kappa shape index (κ1) is 16.7. The van der Waals surface area contributed by atoms with Crippen molar-refractivity contribution in [1.82, 2.24) is 5.32 Å². The Labute approximate surface area is 132 Å². The predicted molar refractivity (Wildman–Crippen MR) is 85.2 cm³/mol. The molecule has 1 aliphatic heterocycles. The van der Waals surface area contributed by atoms with Crippen LogP contribution in [0.3, 0.4) is 0 Å². The molecule has 1 aromatic carbocycles. The van der Waals surface area contributed by atoms with Gasteiger partial charge in [0.15, 0.2) is 0 Å². The molecule has 0 amide bonds. The summed E-state index contributed by atoms with van der Waals surface area (Å²) in [6.07, 6.45) is 0.863. The zero-order valence-electron chi connectivity index (χ0n) is 13.5. The third-order valence-corrected chi connectivity index (χ3v) is 4.61. The van der Waals surface area contributed by atoms with Gasteiger partial charge in [-0.3, -0.25) is 0 Å². The van der Waals surface area contributed by atoms with Crippen LogP contribution < -0.4 is 5.32 Å². The molecule has 0 radical (unpaired) electrons. The molecule has 0 aliphatic carbocycles. The van der Waals surface area contributed by atoms with Gasteiger partial charge >= 0.3 is 0 Å². The molecule has 2 nitrogen and oxygen atoms in total. The highest BCUT2D eigenvalue weighted by Crippen LogP contribution is 2.48. The molecule has 1 aromatic rings. The lowest BCUT2D eigenvalue weighted by Gasteiger charge is -2.34. The fraction of sp³-hybridized carbons (Fsp3) is 0.647. The van der Waals surface area contributed by atoms with Crippen molar-refractivity contribution in [3.8, 4) is 0 Å². The van der Waals surface area contributed by atoms with Crippen molar-refractivity contribution >= 4 is 11.6 Å².